The van der Waals surface area contributed by atoms with E-state index in [-0.39, 0.29) is 16.7 Å². The summed E-state index contributed by atoms with van der Waals surface area (Å²) >= 11 is 0. The Morgan fingerprint density at radius 1 is 1.58 bits per heavy atom. The fourth-order valence-corrected chi connectivity index (χ4v) is 1.94. The summed E-state index contributed by atoms with van der Waals surface area (Å²) in [6.07, 6.45) is 7.51. The van der Waals surface area contributed by atoms with Crippen LogP contribution in [0.1, 0.15) is 38.8 Å². The fourth-order valence-electron chi connectivity index (χ4n) is 1.94. The fraction of sp³-hybridized carbons (Fsp3) is 0.615. The third-order valence-corrected chi connectivity index (χ3v) is 2.91. The van der Waals surface area contributed by atoms with E-state index in [1.165, 1.54) is 0 Å². The molecule has 1 rings (SSSR count). The SMILES string of the molecule is C#CCC(CC)Nc1c([N+](=O)[O-])c(C)nn1CCC. The molecule has 0 aromatic carbocycles. The van der Waals surface area contributed by atoms with Gasteiger partial charge in [0.1, 0.15) is 5.69 Å². The van der Waals surface area contributed by atoms with Gasteiger partial charge in [-0.25, -0.2) is 4.68 Å². The smallest absolute Gasteiger partial charge is 0.333 e. The molecule has 0 saturated heterocycles. The summed E-state index contributed by atoms with van der Waals surface area (Å²) in [5.41, 5.74) is 0.473. The van der Waals surface area contributed by atoms with Gasteiger partial charge in [-0.3, -0.25) is 10.1 Å². The first-order valence-electron chi connectivity index (χ1n) is 6.46. The molecule has 1 N–H and O–H groups in total. The third kappa shape index (κ3) is 3.47. The summed E-state index contributed by atoms with van der Waals surface area (Å²) in [5.74, 6) is 3.05. The highest BCUT2D eigenvalue weighted by Gasteiger charge is 2.26. The zero-order valence-electron chi connectivity index (χ0n) is 11.6. The quantitative estimate of drug-likeness (QED) is 0.467. The molecular weight excluding hydrogens is 244 g/mol. The van der Waals surface area contributed by atoms with Crippen molar-refractivity contribution in [2.45, 2.75) is 52.6 Å². The van der Waals surface area contributed by atoms with E-state index in [2.05, 4.69) is 16.3 Å². The first-order chi connectivity index (χ1) is 9.04. The lowest BCUT2D eigenvalue weighted by Gasteiger charge is -2.16. The summed E-state index contributed by atoms with van der Waals surface area (Å²) in [6.45, 7) is 6.29. The Morgan fingerprint density at radius 2 is 2.26 bits per heavy atom. The number of nitrogens with zero attached hydrogens (tertiary/aromatic N) is 3. The molecule has 0 amide bonds. The van der Waals surface area contributed by atoms with Crippen molar-refractivity contribution in [3.63, 3.8) is 0 Å². The van der Waals surface area contributed by atoms with Crippen molar-refractivity contribution < 1.29 is 4.92 Å². The lowest BCUT2D eigenvalue weighted by molar-refractivity contribution is -0.384. The van der Waals surface area contributed by atoms with Gasteiger partial charge < -0.3 is 5.32 Å². The summed E-state index contributed by atoms with van der Waals surface area (Å²) < 4.78 is 1.66. The number of nitrogens with one attached hydrogen (secondary N) is 1. The minimum atomic E-state index is -0.389. The Balaban J connectivity index is 3.14. The number of nitro groups is 1. The Hall–Kier alpha value is -2.03. The van der Waals surface area contributed by atoms with Gasteiger partial charge in [-0.2, -0.15) is 5.10 Å². The van der Waals surface area contributed by atoms with Gasteiger partial charge in [0.05, 0.1) is 4.92 Å². The predicted molar refractivity (Wildman–Crippen MR) is 75.1 cm³/mol. The lowest BCUT2D eigenvalue weighted by Crippen LogP contribution is -2.21. The average Bonchev–Trinajstić information content (AvgIpc) is 2.65. The number of hydrogen-bond donors (Lipinski definition) is 1. The van der Waals surface area contributed by atoms with Gasteiger partial charge in [0.2, 0.25) is 5.82 Å². The molecule has 104 valence electrons. The van der Waals surface area contributed by atoms with Crippen molar-refractivity contribution in [1.82, 2.24) is 9.78 Å². The Morgan fingerprint density at radius 3 is 2.74 bits per heavy atom. The monoisotopic (exact) mass is 264 g/mol. The molecule has 1 aromatic heterocycles. The summed E-state index contributed by atoms with van der Waals surface area (Å²) in [7, 11) is 0. The number of anilines is 1. The van der Waals surface area contributed by atoms with E-state index < -0.39 is 0 Å². The second kappa shape index (κ2) is 6.78. The maximum atomic E-state index is 11.2. The van der Waals surface area contributed by atoms with Gasteiger partial charge in [0, 0.05) is 19.0 Å². The van der Waals surface area contributed by atoms with Crippen LogP contribution >= 0.6 is 0 Å². The third-order valence-electron chi connectivity index (χ3n) is 2.91. The molecule has 1 unspecified atom stereocenters. The minimum Gasteiger partial charge on any atom is -0.361 e. The van der Waals surface area contributed by atoms with E-state index in [1.54, 1.807) is 11.6 Å². The lowest BCUT2D eigenvalue weighted by atomic mass is 10.1. The van der Waals surface area contributed by atoms with Crippen LogP contribution in [0.15, 0.2) is 0 Å². The molecule has 0 spiro atoms. The van der Waals surface area contributed by atoms with Crippen LogP contribution in [-0.2, 0) is 6.54 Å². The van der Waals surface area contributed by atoms with Crippen molar-refractivity contribution in [1.29, 1.82) is 0 Å². The van der Waals surface area contributed by atoms with Gasteiger partial charge in [0.15, 0.2) is 0 Å². The van der Waals surface area contributed by atoms with Crippen molar-refractivity contribution in [3.8, 4) is 12.3 Å². The minimum absolute atomic E-state index is 0.0235. The molecule has 19 heavy (non-hydrogen) atoms. The largest absolute Gasteiger partial charge is 0.361 e. The van der Waals surface area contributed by atoms with Crippen LogP contribution in [0.3, 0.4) is 0 Å². The van der Waals surface area contributed by atoms with Gasteiger partial charge in [-0.15, -0.1) is 12.3 Å². The summed E-state index contributed by atoms with van der Waals surface area (Å²) in [5, 5.41) is 18.6. The Labute approximate surface area is 113 Å². The van der Waals surface area contributed by atoms with Crippen LogP contribution in [0.25, 0.3) is 0 Å². The van der Waals surface area contributed by atoms with E-state index in [1.807, 2.05) is 13.8 Å². The average molecular weight is 264 g/mol. The Kier molecular flexibility index (Phi) is 5.37. The van der Waals surface area contributed by atoms with Gasteiger partial charge in [-0.05, 0) is 19.8 Å². The van der Waals surface area contributed by atoms with E-state index >= 15 is 0 Å². The molecule has 1 heterocycles. The molecule has 1 aromatic rings. The van der Waals surface area contributed by atoms with E-state index in [0.717, 1.165) is 12.8 Å². The van der Waals surface area contributed by atoms with Crippen LogP contribution in [0, 0.1) is 29.4 Å². The number of terminal acetylenes is 1. The first-order valence-corrected chi connectivity index (χ1v) is 6.46. The van der Waals surface area contributed by atoms with Crippen LogP contribution in [0.2, 0.25) is 0 Å². The van der Waals surface area contributed by atoms with Crippen LogP contribution in [0.4, 0.5) is 11.5 Å². The molecule has 0 aliphatic carbocycles. The highest BCUT2D eigenvalue weighted by molar-refractivity contribution is 5.60. The zero-order chi connectivity index (χ0) is 14.4. The zero-order valence-corrected chi connectivity index (χ0v) is 11.6. The molecule has 1 atom stereocenters. The van der Waals surface area contributed by atoms with E-state index in [0.29, 0.717) is 24.5 Å². The van der Waals surface area contributed by atoms with Crippen LogP contribution in [-0.4, -0.2) is 20.7 Å². The molecular formula is C13H20N4O2. The number of aromatic nitrogens is 2. The highest BCUT2D eigenvalue weighted by Crippen LogP contribution is 2.29. The van der Waals surface area contributed by atoms with Crippen molar-refractivity contribution in [2.75, 3.05) is 5.32 Å². The molecule has 6 nitrogen and oxygen atoms in total. The molecule has 0 radical (unpaired) electrons. The Bertz CT molecular complexity index is 488. The van der Waals surface area contributed by atoms with Crippen molar-refractivity contribution in [2.24, 2.45) is 0 Å². The van der Waals surface area contributed by atoms with Crippen molar-refractivity contribution in [3.05, 3.63) is 15.8 Å². The number of hydrogen-bond acceptors (Lipinski definition) is 4. The summed E-state index contributed by atoms with van der Waals surface area (Å²) in [4.78, 5) is 10.8. The van der Waals surface area contributed by atoms with Gasteiger partial charge >= 0.3 is 5.69 Å². The molecule has 0 aliphatic rings. The molecule has 0 bridgehead atoms. The van der Waals surface area contributed by atoms with Gasteiger partial charge in [-0.1, -0.05) is 13.8 Å². The number of rotatable bonds is 7. The van der Waals surface area contributed by atoms with Crippen molar-refractivity contribution >= 4 is 11.5 Å². The molecule has 6 heteroatoms. The highest BCUT2D eigenvalue weighted by atomic mass is 16.6. The molecule has 0 saturated carbocycles. The maximum Gasteiger partial charge on any atom is 0.333 e. The topological polar surface area (TPSA) is 73.0 Å². The molecule has 0 aliphatic heterocycles. The standard InChI is InChI=1S/C13H20N4O2/c1-5-8-11(7-3)14-13-12(17(18)19)10(4)15-16(13)9-6-2/h1,11,14H,6-9H2,2-4H3. The van der Waals surface area contributed by atoms with Crippen LogP contribution < -0.4 is 5.32 Å². The predicted octanol–water partition coefficient (Wildman–Crippen LogP) is 2.72. The van der Waals surface area contributed by atoms with E-state index in [9.17, 15) is 10.1 Å². The summed E-state index contributed by atoms with van der Waals surface area (Å²) in [6, 6.07) is 0.0235. The molecule has 0 fully saturated rings. The van der Waals surface area contributed by atoms with E-state index in [4.69, 9.17) is 6.42 Å². The van der Waals surface area contributed by atoms with Crippen LogP contribution in [0.5, 0.6) is 0 Å². The second-order valence-corrected chi connectivity index (χ2v) is 4.42. The maximum absolute atomic E-state index is 11.2. The first kappa shape index (κ1) is 15.0. The second-order valence-electron chi connectivity index (χ2n) is 4.42. The normalized spacial score (nSPS) is 11.9. The van der Waals surface area contributed by atoms with Gasteiger partial charge in [0.25, 0.3) is 0 Å². The number of aryl methyl sites for hydroxylation is 2.